The summed E-state index contributed by atoms with van der Waals surface area (Å²) < 4.78 is 5.75. The molecule has 3 aromatic rings. The van der Waals surface area contributed by atoms with Crippen molar-refractivity contribution in [3.8, 4) is 11.3 Å². The van der Waals surface area contributed by atoms with Crippen LogP contribution in [0.4, 0.5) is 17.5 Å². The van der Waals surface area contributed by atoms with Gasteiger partial charge < -0.3 is 15.0 Å². The molecule has 1 fully saturated rings. The minimum Gasteiger partial charge on any atom is -0.376 e. The number of hydrogen-bond donors (Lipinski definition) is 1. The van der Waals surface area contributed by atoms with E-state index in [1.54, 1.807) is 0 Å². The van der Waals surface area contributed by atoms with Crippen molar-refractivity contribution in [3.63, 3.8) is 0 Å². The van der Waals surface area contributed by atoms with E-state index in [4.69, 9.17) is 14.7 Å². The lowest BCUT2D eigenvalue weighted by molar-refractivity contribution is 0.120. The molecule has 29 heavy (non-hydrogen) atoms. The Hall–Kier alpha value is -2.92. The van der Waals surface area contributed by atoms with Crippen LogP contribution in [0.25, 0.3) is 11.3 Å². The number of ether oxygens (including phenoxy) is 1. The number of benzene rings is 2. The fraction of sp³-hybridized carbons (Fsp3) is 0.333. The Labute approximate surface area is 172 Å². The Morgan fingerprint density at radius 3 is 2.66 bits per heavy atom. The monoisotopic (exact) mass is 388 g/mol. The first-order valence-electron chi connectivity index (χ1n) is 10.4. The van der Waals surface area contributed by atoms with E-state index in [2.05, 4.69) is 60.5 Å². The first kappa shape index (κ1) is 19.4. The minimum absolute atomic E-state index is 0.257. The molecule has 1 saturated heterocycles. The zero-order chi connectivity index (χ0) is 20.1. The van der Waals surface area contributed by atoms with E-state index < -0.39 is 0 Å². The van der Waals surface area contributed by atoms with E-state index in [1.807, 2.05) is 24.3 Å². The Morgan fingerprint density at radius 2 is 1.93 bits per heavy atom. The molecule has 0 radical (unpaired) electrons. The van der Waals surface area contributed by atoms with E-state index in [0.29, 0.717) is 5.95 Å². The predicted molar refractivity (Wildman–Crippen MR) is 119 cm³/mol. The standard InChI is InChI=1S/C24H28N4O/c1-3-28(20-12-7-9-18(2)15-20)24-26-22(19-10-5-4-6-11-19)16-23(27-24)25-17-21-13-8-14-29-21/h4-7,9-12,15-16,21H,3,8,13-14,17H2,1-2H3,(H,25,26,27). The van der Waals surface area contributed by atoms with E-state index in [9.17, 15) is 0 Å². The average molecular weight is 389 g/mol. The number of hydrogen-bond acceptors (Lipinski definition) is 5. The zero-order valence-electron chi connectivity index (χ0n) is 17.1. The third-order valence-electron chi connectivity index (χ3n) is 5.19. The van der Waals surface area contributed by atoms with Gasteiger partial charge in [0.1, 0.15) is 5.82 Å². The van der Waals surface area contributed by atoms with Gasteiger partial charge in [0.05, 0.1) is 11.8 Å². The smallest absolute Gasteiger partial charge is 0.232 e. The summed E-state index contributed by atoms with van der Waals surface area (Å²) in [6.07, 6.45) is 2.49. The summed E-state index contributed by atoms with van der Waals surface area (Å²) in [4.78, 5) is 11.9. The maximum atomic E-state index is 5.75. The van der Waals surface area contributed by atoms with Crippen LogP contribution in [-0.4, -0.2) is 35.8 Å². The summed E-state index contributed by atoms with van der Waals surface area (Å²) in [5.41, 5.74) is 4.31. The van der Waals surface area contributed by atoms with Gasteiger partial charge in [0.15, 0.2) is 0 Å². The van der Waals surface area contributed by atoms with Gasteiger partial charge in [-0.2, -0.15) is 4.98 Å². The van der Waals surface area contributed by atoms with Gasteiger partial charge in [-0.05, 0) is 44.4 Å². The third kappa shape index (κ3) is 4.74. The molecule has 2 aromatic carbocycles. The molecule has 5 heteroatoms. The van der Waals surface area contributed by atoms with E-state index in [0.717, 1.165) is 55.3 Å². The van der Waals surface area contributed by atoms with Gasteiger partial charge in [-0.15, -0.1) is 0 Å². The lowest BCUT2D eigenvalue weighted by atomic mass is 10.1. The molecular formula is C24H28N4O. The maximum Gasteiger partial charge on any atom is 0.232 e. The second kappa shape index (κ2) is 9.05. The minimum atomic E-state index is 0.257. The molecule has 1 unspecified atom stereocenters. The van der Waals surface area contributed by atoms with Crippen molar-refractivity contribution >= 4 is 17.5 Å². The van der Waals surface area contributed by atoms with Crippen molar-refractivity contribution in [2.75, 3.05) is 29.9 Å². The largest absolute Gasteiger partial charge is 0.376 e. The molecular weight excluding hydrogens is 360 g/mol. The number of aryl methyl sites for hydroxylation is 1. The Morgan fingerprint density at radius 1 is 1.07 bits per heavy atom. The quantitative estimate of drug-likeness (QED) is 0.603. The molecule has 150 valence electrons. The van der Waals surface area contributed by atoms with Crippen LogP contribution in [0.15, 0.2) is 60.7 Å². The summed E-state index contributed by atoms with van der Waals surface area (Å²) in [6.45, 7) is 6.63. The van der Waals surface area contributed by atoms with E-state index in [-0.39, 0.29) is 6.10 Å². The molecule has 0 bridgehead atoms. The van der Waals surface area contributed by atoms with Gasteiger partial charge in [0.2, 0.25) is 5.95 Å². The van der Waals surface area contributed by atoms with Crippen molar-refractivity contribution in [1.82, 2.24) is 9.97 Å². The van der Waals surface area contributed by atoms with Crippen LogP contribution >= 0.6 is 0 Å². The normalized spacial score (nSPS) is 16.0. The van der Waals surface area contributed by atoms with Crippen LogP contribution in [-0.2, 0) is 4.74 Å². The maximum absolute atomic E-state index is 5.75. The molecule has 4 rings (SSSR count). The number of rotatable bonds is 7. The van der Waals surface area contributed by atoms with Crippen molar-refractivity contribution in [2.45, 2.75) is 32.8 Å². The highest BCUT2D eigenvalue weighted by molar-refractivity contribution is 5.67. The van der Waals surface area contributed by atoms with Crippen molar-refractivity contribution < 1.29 is 4.74 Å². The first-order valence-corrected chi connectivity index (χ1v) is 10.4. The zero-order valence-corrected chi connectivity index (χ0v) is 17.1. The van der Waals surface area contributed by atoms with Crippen LogP contribution in [0, 0.1) is 6.92 Å². The van der Waals surface area contributed by atoms with Gasteiger partial charge in [-0.1, -0.05) is 42.5 Å². The molecule has 0 aliphatic carbocycles. The predicted octanol–water partition coefficient (Wildman–Crippen LogP) is 5.20. The van der Waals surface area contributed by atoms with Gasteiger partial charge >= 0.3 is 0 Å². The highest BCUT2D eigenvalue weighted by Gasteiger charge is 2.17. The highest BCUT2D eigenvalue weighted by Crippen LogP contribution is 2.28. The molecule has 5 nitrogen and oxygen atoms in total. The fourth-order valence-corrected chi connectivity index (χ4v) is 3.66. The molecule has 1 atom stereocenters. The second-order valence-corrected chi connectivity index (χ2v) is 7.40. The lowest BCUT2D eigenvalue weighted by Gasteiger charge is -2.23. The van der Waals surface area contributed by atoms with Crippen molar-refractivity contribution in [1.29, 1.82) is 0 Å². The van der Waals surface area contributed by atoms with Crippen LogP contribution < -0.4 is 10.2 Å². The Kier molecular flexibility index (Phi) is 6.06. The Bertz CT molecular complexity index is 939. The molecule has 1 aliphatic heterocycles. The Balaban J connectivity index is 1.69. The summed E-state index contributed by atoms with van der Waals surface area (Å²) in [5.74, 6) is 1.53. The van der Waals surface area contributed by atoms with Gasteiger partial charge in [-0.25, -0.2) is 4.98 Å². The van der Waals surface area contributed by atoms with Gasteiger partial charge in [0.25, 0.3) is 0 Å². The third-order valence-corrected chi connectivity index (χ3v) is 5.19. The molecule has 1 aromatic heterocycles. The average Bonchev–Trinajstić information content (AvgIpc) is 3.27. The van der Waals surface area contributed by atoms with E-state index in [1.165, 1.54) is 5.56 Å². The van der Waals surface area contributed by atoms with Crippen LogP contribution in [0.2, 0.25) is 0 Å². The van der Waals surface area contributed by atoms with Crippen LogP contribution in [0.3, 0.4) is 0 Å². The highest BCUT2D eigenvalue weighted by atomic mass is 16.5. The first-order chi connectivity index (χ1) is 14.2. The topological polar surface area (TPSA) is 50.3 Å². The molecule has 2 heterocycles. The molecule has 1 N–H and O–H groups in total. The SMILES string of the molecule is CCN(c1cccc(C)c1)c1nc(NCC2CCCO2)cc(-c2ccccc2)n1. The van der Waals surface area contributed by atoms with Gasteiger partial charge in [0, 0.05) is 37.0 Å². The summed E-state index contributed by atoms with van der Waals surface area (Å²) in [6, 6.07) is 20.7. The summed E-state index contributed by atoms with van der Waals surface area (Å²) >= 11 is 0. The molecule has 0 saturated carbocycles. The summed E-state index contributed by atoms with van der Waals surface area (Å²) in [7, 11) is 0. The van der Waals surface area contributed by atoms with Crippen molar-refractivity contribution in [3.05, 3.63) is 66.2 Å². The van der Waals surface area contributed by atoms with Crippen molar-refractivity contribution in [2.24, 2.45) is 0 Å². The molecule has 0 spiro atoms. The van der Waals surface area contributed by atoms with Crippen LogP contribution in [0.1, 0.15) is 25.3 Å². The van der Waals surface area contributed by atoms with Crippen LogP contribution in [0.5, 0.6) is 0 Å². The molecule has 0 amide bonds. The number of nitrogens with one attached hydrogen (secondary N) is 1. The van der Waals surface area contributed by atoms with E-state index >= 15 is 0 Å². The molecule has 1 aliphatic rings. The lowest BCUT2D eigenvalue weighted by Crippen LogP contribution is -2.22. The fourth-order valence-electron chi connectivity index (χ4n) is 3.66. The van der Waals surface area contributed by atoms with Gasteiger partial charge in [-0.3, -0.25) is 0 Å². The number of aromatic nitrogens is 2. The number of anilines is 3. The summed E-state index contributed by atoms with van der Waals surface area (Å²) in [5, 5.41) is 3.48. The number of nitrogens with zero attached hydrogens (tertiary/aromatic N) is 3. The second-order valence-electron chi connectivity index (χ2n) is 7.40.